The normalized spacial score (nSPS) is 22.7. The molecule has 5 rings (SSSR count). The number of rotatable bonds is 3. The van der Waals surface area contributed by atoms with Crippen molar-refractivity contribution in [3.05, 3.63) is 73.1 Å². The number of hydrogen-bond acceptors (Lipinski definition) is 6. The van der Waals surface area contributed by atoms with Crippen molar-refractivity contribution >= 4 is 56.5 Å². The Morgan fingerprint density at radius 1 is 1.00 bits per heavy atom. The number of imide groups is 1. The molecule has 9 heteroatoms. The fourth-order valence-corrected chi connectivity index (χ4v) is 6.81. The molecule has 3 aromatic rings. The molecule has 6 nitrogen and oxygen atoms in total. The number of halogens is 1. The molecule has 2 aliphatic heterocycles. The largest absolute Gasteiger partial charge is 0.497 e. The lowest BCUT2D eigenvalue weighted by molar-refractivity contribution is -0.122. The summed E-state index contributed by atoms with van der Waals surface area (Å²) in [6.07, 6.45) is 0. The van der Waals surface area contributed by atoms with Crippen LogP contribution in [-0.4, -0.2) is 29.2 Å². The van der Waals surface area contributed by atoms with E-state index in [9.17, 15) is 14.4 Å². The van der Waals surface area contributed by atoms with Crippen LogP contribution < -0.4 is 14.5 Å². The average Bonchev–Trinajstić information content (AvgIpc) is 3.24. The molecule has 0 bridgehead atoms. The zero-order valence-electron chi connectivity index (χ0n) is 15.6. The molecule has 0 unspecified atom stereocenters. The summed E-state index contributed by atoms with van der Waals surface area (Å²) in [5.41, 5.74) is 1.43. The number of nitrogens with one attached hydrogen (secondary N) is 1. The van der Waals surface area contributed by atoms with Crippen molar-refractivity contribution < 1.29 is 14.3 Å². The van der Waals surface area contributed by atoms with Crippen LogP contribution >= 0.6 is 39.0 Å². The monoisotopic (exact) mass is 502 g/mol. The summed E-state index contributed by atoms with van der Waals surface area (Å²) in [4.78, 5) is 43.6. The molecule has 1 saturated heterocycles. The molecule has 1 aromatic heterocycles. The van der Waals surface area contributed by atoms with Gasteiger partial charge in [0, 0.05) is 15.3 Å². The van der Waals surface area contributed by atoms with Crippen LogP contribution in [0, 0.1) is 5.92 Å². The number of nitrogens with zero attached hydrogens (tertiary/aromatic N) is 1. The Bertz CT molecular complexity index is 1200. The van der Waals surface area contributed by atoms with Gasteiger partial charge in [-0.3, -0.25) is 14.4 Å². The highest BCUT2D eigenvalue weighted by Gasteiger charge is 2.56. The minimum absolute atomic E-state index is 0.185. The number of aromatic amines is 1. The zero-order chi connectivity index (χ0) is 21.0. The van der Waals surface area contributed by atoms with Crippen LogP contribution in [0.5, 0.6) is 5.75 Å². The van der Waals surface area contributed by atoms with E-state index >= 15 is 0 Å². The van der Waals surface area contributed by atoms with E-state index in [0.29, 0.717) is 16.5 Å². The first-order valence-electron chi connectivity index (χ1n) is 9.15. The fourth-order valence-electron chi connectivity index (χ4n) is 4.03. The van der Waals surface area contributed by atoms with Gasteiger partial charge in [0.05, 0.1) is 23.7 Å². The SMILES string of the molecule is COc1ccc([C@@H]2c3sc(=O)[nH]c3S[C@H]3C(=O)N(c4ccc(Br)cc4)C(=O)[C@H]23)cc1. The molecule has 0 saturated carbocycles. The second kappa shape index (κ2) is 7.40. The lowest BCUT2D eigenvalue weighted by Crippen LogP contribution is -2.32. The molecule has 30 heavy (non-hydrogen) atoms. The topological polar surface area (TPSA) is 79.5 Å². The Balaban J connectivity index is 1.63. The second-order valence-corrected chi connectivity index (χ2v) is 10.1. The molecule has 0 radical (unpaired) electrons. The molecule has 152 valence electrons. The summed E-state index contributed by atoms with van der Waals surface area (Å²) in [7, 11) is 1.59. The number of ether oxygens (including phenoxy) is 1. The summed E-state index contributed by atoms with van der Waals surface area (Å²) in [5, 5.41) is 0.0804. The van der Waals surface area contributed by atoms with Crippen molar-refractivity contribution in [3.8, 4) is 5.75 Å². The Morgan fingerprint density at radius 2 is 1.70 bits per heavy atom. The maximum Gasteiger partial charge on any atom is 0.305 e. The van der Waals surface area contributed by atoms with E-state index in [4.69, 9.17) is 4.74 Å². The molecule has 2 amide bonds. The van der Waals surface area contributed by atoms with Crippen molar-refractivity contribution in [2.45, 2.75) is 16.2 Å². The molecule has 3 heterocycles. The Labute approximate surface area is 188 Å². The number of methoxy groups -OCH3 is 1. The van der Waals surface area contributed by atoms with Crippen LogP contribution in [0.3, 0.4) is 0 Å². The Kier molecular flexibility index (Phi) is 4.83. The summed E-state index contributed by atoms with van der Waals surface area (Å²) in [6.45, 7) is 0. The minimum Gasteiger partial charge on any atom is -0.497 e. The summed E-state index contributed by atoms with van der Waals surface area (Å²) in [6, 6.07) is 14.6. The van der Waals surface area contributed by atoms with E-state index in [-0.39, 0.29) is 22.6 Å². The van der Waals surface area contributed by atoms with Crippen LogP contribution in [0.1, 0.15) is 16.4 Å². The molecular weight excluding hydrogens is 488 g/mol. The number of thioether (sulfide) groups is 1. The van der Waals surface area contributed by atoms with Gasteiger partial charge in [-0.15, -0.1) is 0 Å². The number of aromatic nitrogens is 1. The average molecular weight is 503 g/mol. The number of amides is 2. The van der Waals surface area contributed by atoms with Crippen molar-refractivity contribution in [1.29, 1.82) is 0 Å². The lowest BCUT2D eigenvalue weighted by atomic mass is 9.83. The summed E-state index contributed by atoms with van der Waals surface area (Å²) in [5.74, 6) is -0.759. The predicted molar refractivity (Wildman–Crippen MR) is 120 cm³/mol. The molecule has 2 aromatic carbocycles. The predicted octanol–water partition coefficient (Wildman–Crippen LogP) is 4.00. The van der Waals surface area contributed by atoms with Gasteiger partial charge in [-0.1, -0.05) is 51.2 Å². The van der Waals surface area contributed by atoms with Crippen molar-refractivity contribution in [1.82, 2.24) is 4.98 Å². The quantitative estimate of drug-likeness (QED) is 0.547. The Hall–Kier alpha value is -2.36. The summed E-state index contributed by atoms with van der Waals surface area (Å²) >= 11 is 5.76. The fraction of sp³-hybridized carbons (Fsp3) is 0.190. The molecule has 0 spiro atoms. The lowest BCUT2D eigenvalue weighted by Gasteiger charge is -2.29. The molecule has 0 aliphatic carbocycles. The molecule has 3 atom stereocenters. The van der Waals surface area contributed by atoms with E-state index in [0.717, 1.165) is 26.3 Å². The number of carbonyl (C=O) groups is 2. The smallest absolute Gasteiger partial charge is 0.305 e. The van der Waals surface area contributed by atoms with Crippen molar-refractivity contribution in [3.63, 3.8) is 0 Å². The third-order valence-electron chi connectivity index (χ3n) is 5.38. The van der Waals surface area contributed by atoms with Gasteiger partial charge < -0.3 is 9.72 Å². The second-order valence-electron chi connectivity index (χ2n) is 7.01. The van der Waals surface area contributed by atoms with Gasteiger partial charge in [0.25, 0.3) is 0 Å². The van der Waals surface area contributed by atoms with E-state index < -0.39 is 11.2 Å². The first-order chi connectivity index (χ1) is 14.5. The number of anilines is 1. The van der Waals surface area contributed by atoms with Gasteiger partial charge in [0.15, 0.2) is 0 Å². The third-order valence-corrected chi connectivity index (χ3v) is 8.31. The van der Waals surface area contributed by atoms with Crippen LogP contribution in [0.4, 0.5) is 5.69 Å². The number of fused-ring (bicyclic) bond motifs is 2. The number of H-pyrrole nitrogens is 1. The number of carbonyl (C=O) groups excluding carboxylic acids is 2. The number of thiazole rings is 1. The first-order valence-corrected chi connectivity index (χ1v) is 11.6. The standard InChI is InChI=1S/C21H15BrN2O4S2/c1-28-13-8-2-10(3-9-13)14-15-17(29-18-16(14)30-21(27)23-18)20(26)24(19(15)25)12-6-4-11(22)5-7-12/h2-9,14-15,17H,1H3,(H,23,27)/t14-,15+,17+/m0/s1. The van der Waals surface area contributed by atoms with E-state index in [1.807, 2.05) is 24.3 Å². The molecule has 1 fully saturated rings. The van der Waals surface area contributed by atoms with Gasteiger partial charge >= 0.3 is 4.87 Å². The molecule has 1 N–H and O–H groups in total. The summed E-state index contributed by atoms with van der Waals surface area (Å²) < 4.78 is 6.12. The highest BCUT2D eigenvalue weighted by molar-refractivity contribution is 9.10. The van der Waals surface area contributed by atoms with Gasteiger partial charge in [0.2, 0.25) is 11.8 Å². The minimum atomic E-state index is -0.592. The first kappa shape index (κ1) is 19.6. The van der Waals surface area contributed by atoms with E-state index in [2.05, 4.69) is 20.9 Å². The van der Waals surface area contributed by atoms with Gasteiger partial charge in [-0.05, 0) is 42.0 Å². The van der Waals surface area contributed by atoms with E-state index in [1.165, 1.54) is 16.7 Å². The van der Waals surface area contributed by atoms with Crippen molar-refractivity contribution in [2.24, 2.45) is 5.92 Å². The number of hydrogen-bond donors (Lipinski definition) is 1. The van der Waals surface area contributed by atoms with Gasteiger partial charge in [-0.25, -0.2) is 4.90 Å². The highest BCUT2D eigenvalue weighted by atomic mass is 79.9. The highest BCUT2D eigenvalue weighted by Crippen LogP contribution is 2.53. The molecule has 2 aliphatic rings. The van der Waals surface area contributed by atoms with Gasteiger partial charge in [0.1, 0.15) is 11.0 Å². The van der Waals surface area contributed by atoms with Crippen LogP contribution in [0.2, 0.25) is 0 Å². The van der Waals surface area contributed by atoms with Crippen LogP contribution in [0.25, 0.3) is 0 Å². The molecular formula is C21H15BrN2O4S2. The maximum atomic E-state index is 13.5. The van der Waals surface area contributed by atoms with Gasteiger partial charge in [-0.2, -0.15) is 0 Å². The van der Waals surface area contributed by atoms with Crippen LogP contribution in [0.15, 0.2) is 62.8 Å². The number of benzene rings is 2. The maximum absolute atomic E-state index is 13.5. The Morgan fingerprint density at radius 3 is 2.37 bits per heavy atom. The van der Waals surface area contributed by atoms with E-state index in [1.54, 1.807) is 31.4 Å². The van der Waals surface area contributed by atoms with Crippen LogP contribution in [-0.2, 0) is 9.59 Å². The zero-order valence-corrected chi connectivity index (χ0v) is 18.8. The third kappa shape index (κ3) is 3.03. The van der Waals surface area contributed by atoms with Crippen molar-refractivity contribution in [2.75, 3.05) is 12.0 Å².